The fourth-order valence-electron chi connectivity index (χ4n) is 9.86. The molecular formula is C58H88N6O10. The minimum absolute atomic E-state index is 0.0512. The van der Waals surface area contributed by atoms with E-state index >= 15 is 0 Å². The summed E-state index contributed by atoms with van der Waals surface area (Å²) in [6.45, 7) is 4.64. The van der Waals surface area contributed by atoms with E-state index in [9.17, 15) is 19.2 Å². The van der Waals surface area contributed by atoms with Gasteiger partial charge in [-0.25, -0.2) is 0 Å². The molecule has 5 rings (SSSR count). The summed E-state index contributed by atoms with van der Waals surface area (Å²) >= 11 is 0. The van der Waals surface area contributed by atoms with Gasteiger partial charge in [0.05, 0.1) is 62.9 Å². The molecule has 0 spiro atoms. The van der Waals surface area contributed by atoms with E-state index in [4.69, 9.17) is 51.4 Å². The lowest BCUT2D eigenvalue weighted by atomic mass is 9.81. The van der Waals surface area contributed by atoms with Gasteiger partial charge in [0.1, 0.15) is 34.5 Å². The van der Waals surface area contributed by atoms with Crippen LogP contribution >= 0.6 is 0 Å². The Balaban J connectivity index is 1.13. The summed E-state index contributed by atoms with van der Waals surface area (Å²) in [4.78, 5) is 55.5. The van der Waals surface area contributed by atoms with Gasteiger partial charge in [-0.2, -0.15) is 0 Å². The standard InChI is InChI=1S/C58H88N6O10/c1-69-53-40-54(70-2)50(52(66)36-42-17-21-44(22-18-42)64-58(68)48-26-24-46(72-32-12-4-8-28-60)38-56(48)74-34-14-6-10-30-62)39-49(53)51(65)35-41-15-19-43(20-16-41)63-57(67)47-25-23-45(71-31-11-3-7-27-59)37-55(47)73-33-13-5-9-29-61/h23-26,37-44H,3-22,27-36,59-62H2,1-2H3,(H,63,67)(H,64,68). The topological polar surface area (TPSA) is 252 Å². The van der Waals surface area contributed by atoms with Crippen LogP contribution in [0.25, 0.3) is 0 Å². The molecule has 0 saturated heterocycles. The third-order valence-electron chi connectivity index (χ3n) is 14.3. The second kappa shape index (κ2) is 33.5. The van der Waals surface area contributed by atoms with Gasteiger partial charge in [-0.1, -0.05) is 0 Å². The number of ether oxygens (including phenoxy) is 6. The average molecular weight is 1030 g/mol. The maximum atomic E-state index is 14.1. The first-order valence-corrected chi connectivity index (χ1v) is 27.6. The van der Waals surface area contributed by atoms with Gasteiger partial charge in [-0.15, -0.1) is 0 Å². The van der Waals surface area contributed by atoms with Crippen LogP contribution in [-0.4, -0.2) is 102 Å². The Bertz CT molecular complexity index is 2030. The molecule has 2 fully saturated rings. The first kappa shape index (κ1) is 59.5. The third kappa shape index (κ3) is 19.7. The van der Waals surface area contributed by atoms with Crippen LogP contribution in [0.4, 0.5) is 0 Å². The summed E-state index contributed by atoms with van der Waals surface area (Å²) in [6, 6.07) is 13.9. The van der Waals surface area contributed by atoms with Crippen molar-refractivity contribution in [2.24, 2.45) is 34.8 Å². The summed E-state index contributed by atoms with van der Waals surface area (Å²) in [7, 11) is 3.02. The fourth-order valence-corrected chi connectivity index (χ4v) is 9.86. The Labute approximate surface area is 440 Å². The van der Waals surface area contributed by atoms with Gasteiger partial charge in [0.2, 0.25) is 0 Å². The van der Waals surface area contributed by atoms with Crippen molar-refractivity contribution in [3.05, 3.63) is 70.8 Å². The number of hydrogen-bond donors (Lipinski definition) is 6. The van der Waals surface area contributed by atoms with Crippen LogP contribution in [0.1, 0.15) is 183 Å². The number of carbonyl (C=O) groups is 4. The van der Waals surface area contributed by atoms with E-state index in [2.05, 4.69) is 10.6 Å². The summed E-state index contributed by atoms with van der Waals surface area (Å²) in [5.41, 5.74) is 24.3. The monoisotopic (exact) mass is 1030 g/mol. The number of unbranched alkanes of at least 4 members (excludes halogenated alkanes) is 8. The Morgan fingerprint density at radius 3 is 1.11 bits per heavy atom. The van der Waals surface area contributed by atoms with E-state index in [0.29, 0.717) is 122 Å². The molecule has 16 heteroatoms. The van der Waals surface area contributed by atoms with Crippen LogP contribution in [0, 0.1) is 11.8 Å². The largest absolute Gasteiger partial charge is 0.496 e. The van der Waals surface area contributed by atoms with E-state index < -0.39 is 0 Å². The van der Waals surface area contributed by atoms with Crippen molar-refractivity contribution in [3.63, 3.8) is 0 Å². The molecule has 3 aromatic carbocycles. The quantitative estimate of drug-likeness (QED) is 0.0235. The van der Waals surface area contributed by atoms with E-state index in [0.717, 1.165) is 128 Å². The minimum Gasteiger partial charge on any atom is -0.496 e. The summed E-state index contributed by atoms with van der Waals surface area (Å²) in [5, 5.41) is 6.45. The molecule has 2 amide bonds. The predicted molar refractivity (Wildman–Crippen MR) is 290 cm³/mol. The summed E-state index contributed by atoms with van der Waals surface area (Å²) in [5.74, 6) is 2.64. The summed E-state index contributed by atoms with van der Waals surface area (Å²) < 4.78 is 35.6. The van der Waals surface area contributed by atoms with E-state index in [1.807, 2.05) is 12.1 Å². The van der Waals surface area contributed by atoms with Crippen LogP contribution in [0.2, 0.25) is 0 Å². The van der Waals surface area contributed by atoms with Crippen LogP contribution in [0.15, 0.2) is 48.5 Å². The van der Waals surface area contributed by atoms with Crippen LogP contribution in [0.5, 0.6) is 34.5 Å². The lowest BCUT2D eigenvalue weighted by Gasteiger charge is -2.29. The van der Waals surface area contributed by atoms with Crippen LogP contribution < -0.4 is 62.0 Å². The van der Waals surface area contributed by atoms with Crippen molar-refractivity contribution in [2.45, 2.75) is 153 Å². The first-order chi connectivity index (χ1) is 36.1. The SMILES string of the molecule is COc1cc(OC)c(C(=O)CC2CCC(NC(=O)c3ccc(OCCCCCN)cc3OCCCCCN)CC2)cc1C(=O)CC1CCC(NC(=O)c2ccc(OCCCCCN)cc2OCCCCCN)CC1. The number of carbonyl (C=O) groups excluding carboxylic acids is 4. The maximum absolute atomic E-state index is 14.1. The number of nitrogens with one attached hydrogen (secondary N) is 2. The van der Waals surface area contributed by atoms with Crippen LogP contribution in [0.3, 0.4) is 0 Å². The van der Waals surface area contributed by atoms with Crippen molar-refractivity contribution >= 4 is 23.4 Å². The van der Waals surface area contributed by atoms with Gasteiger partial charge in [0.15, 0.2) is 11.6 Å². The molecular weight excluding hydrogens is 941 g/mol. The second-order valence-corrected chi connectivity index (χ2v) is 20.0. The maximum Gasteiger partial charge on any atom is 0.255 e. The first-order valence-electron chi connectivity index (χ1n) is 27.6. The van der Waals surface area contributed by atoms with E-state index in [1.165, 1.54) is 14.2 Å². The molecule has 3 aromatic rings. The molecule has 16 nitrogen and oxygen atoms in total. The highest BCUT2D eigenvalue weighted by atomic mass is 16.5. The Hall–Kier alpha value is -5.42. The fraction of sp³-hybridized carbons (Fsp3) is 0.621. The van der Waals surface area contributed by atoms with Crippen molar-refractivity contribution in [1.29, 1.82) is 0 Å². The minimum atomic E-state index is -0.199. The molecule has 0 unspecified atom stereocenters. The Morgan fingerprint density at radius 1 is 0.419 bits per heavy atom. The molecule has 10 N–H and O–H groups in total. The number of benzene rings is 3. The van der Waals surface area contributed by atoms with E-state index in [1.54, 1.807) is 36.4 Å². The Morgan fingerprint density at radius 2 is 0.770 bits per heavy atom. The Kier molecular flexibility index (Phi) is 26.9. The molecule has 0 atom stereocenters. The second-order valence-electron chi connectivity index (χ2n) is 20.0. The number of amides is 2. The zero-order valence-electron chi connectivity index (χ0n) is 44.5. The summed E-state index contributed by atoms with van der Waals surface area (Å²) in [6.07, 6.45) is 17.6. The number of hydrogen-bond acceptors (Lipinski definition) is 14. The predicted octanol–water partition coefficient (Wildman–Crippen LogP) is 8.86. The van der Waals surface area contributed by atoms with Gasteiger partial charge in [-0.05, 0) is 197 Å². The van der Waals surface area contributed by atoms with Crippen molar-refractivity contribution in [2.75, 3.05) is 66.8 Å². The van der Waals surface area contributed by atoms with Gasteiger partial charge < -0.3 is 62.0 Å². The van der Waals surface area contributed by atoms with Crippen molar-refractivity contribution in [3.8, 4) is 34.5 Å². The molecule has 0 bridgehead atoms. The highest BCUT2D eigenvalue weighted by Crippen LogP contribution is 2.37. The molecule has 410 valence electrons. The number of nitrogens with two attached hydrogens (primary N) is 4. The van der Waals surface area contributed by atoms with Crippen molar-refractivity contribution in [1.82, 2.24) is 10.6 Å². The van der Waals surface area contributed by atoms with Gasteiger partial charge in [0, 0.05) is 43.1 Å². The molecule has 74 heavy (non-hydrogen) atoms. The number of methoxy groups -OCH3 is 2. The molecule has 0 radical (unpaired) electrons. The number of rotatable bonds is 36. The molecule has 0 aromatic heterocycles. The molecule has 2 saturated carbocycles. The zero-order chi connectivity index (χ0) is 52.9. The molecule has 2 aliphatic carbocycles. The van der Waals surface area contributed by atoms with Crippen LogP contribution in [-0.2, 0) is 0 Å². The molecule has 0 heterocycles. The highest BCUT2D eigenvalue weighted by Gasteiger charge is 2.30. The highest BCUT2D eigenvalue weighted by molar-refractivity contribution is 6.05. The zero-order valence-corrected chi connectivity index (χ0v) is 44.5. The molecule has 2 aliphatic rings. The lowest BCUT2D eigenvalue weighted by Crippen LogP contribution is -2.38. The normalized spacial score (nSPS) is 17.5. The average Bonchev–Trinajstić information content (AvgIpc) is 3.41. The number of Topliss-reactive ketones (excluding diaryl/α,β-unsaturated/α-hetero) is 2. The smallest absolute Gasteiger partial charge is 0.255 e. The molecule has 0 aliphatic heterocycles. The van der Waals surface area contributed by atoms with Gasteiger partial charge >= 0.3 is 0 Å². The number of ketones is 2. The van der Waals surface area contributed by atoms with Gasteiger partial charge in [0.25, 0.3) is 11.8 Å². The lowest BCUT2D eigenvalue weighted by molar-refractivity contribution is 0.0890. The van der Waals surface area contributed by atoms with E-state index in [-0.39, 0.29) is 47.3 Å². The van der Waals surface area contributed by atoms with Gasteiger partial charge in [-0.3, -0.25) is 19.2 Å². The third-order valence-corrected chi connectivity index (χ3v) is 14.3. The van der Waals surface area contributed by atoms with Crippen molar-refractivity contribution < 1.29 is 47.6 Å².